The number of anilines is 1. The molecule has 0 atom stereocenters. The lowest BCUT2D eigenvalue weighted by Gasteiger charge is -2.17. The second-order valence-electron chi connectivity index (χ2n) is 7.57. The van der Waals surface area contributed by atoms with Gasteiger partial charge in [0.1, 0.15) is 13.2 Å². The fourth-order valence-corrected chi connectivity index (χ4v) is 4.61. The number of fused-ring (bicyclic) bond motifs is 3. The SMILES string of the molecule is CCCCCn1nc(C(=O)Nc2nc3cc4c(cc3s2)OCCO4)c2ccccc2c1=O. The molecule has 4 aromatic rings. The van der Waals surface area contributed by atoms with Crippen LogP contribution in [-0.4, -0.2) is 33.9 Å². The number of aryl methyl sites for hydroxylation is 1. The summed E-state index contributed by atoms with van der Waals surface area (Å²) in [6.07, 6.45) is 2.86. The number of nitrogens with one attached hydrogen (secondary N) is 1. The van der Waals surface area contributed by atoms with Crippen molar-refractivity contribution in [2.24, 2.45) is 0 Å². The number of carbonyl (C=O) groups is 1. The number of hydrogen-bond donors (Lipinski definition) is 1. The van der Waals surface area contributed by atoms with Crippen LogP contribution in [0, 0.1) is 0 Å². The van der Waals surface area contributed by atoms with Crippen LogP contribution in [0.1, 0.15) is 36.7 Å². The molecule has 32 heavy (non-hydrogen) atoms. The van der Waals surface area contributed by atoms with Crippen LogP contribution in [-0.2, 0) is 6.54 Å². The highest BCUT2D eigenvalue weighted by atomic mass is 32.1. The van der Waals surface area contributed by atoms with Crippen molar-refractivity contribution < 1.29 is 14.3 Å². The fraction of sp³-hybridized carbons (Fsp3) is 0.304. The van der Waals surface area contributed by atoms with Gasteiger partial charge in [-0.05, 0) is 12.5 Å². The third-order valence-corrected chi connectivity index (χ3v) is 6.26. The van der Waals surface area contributed by atoms with E-state index in [0.717, 1.165) is 29.5 Å². The molecule has 9 heteroatoms. The summed E-state index contributed by atoms with van der Waals surface area (Å²) in [5.41, 5.74) is 0.748. The van der Waals surface area contributed by atoms with E-state index in [4.69, 9.17) is 9.47 Å². The Labute approximate surface area is 187 Å². The molecule has 1 aliphatic rings. The predicted molar refractivity (Wildman–Crippen MR) is 124 cm³/mol. The lowest BCUT2D eigenvalue weighted by atomic mass is 10.1. The molecule has 0 radical (unpaired) electrons. The molecule has 0 fully saturated rings. The lowest BCUT2D eigenvalue weighted by molar-refractivity contribution is 0.102. The number of amides is 1. The predicted octanol–water partition coefficient (Wildman–Crippen LogP) is 4.22. The maximum Gasteiger partial charge on any atom is 0.278 e. The molecule has 2 aromatic heterocycles. The topological polar surface area (TPSA) is 95.3 Å². The number of thiazole rings is 1. The summed E-state index contributed by atoms with van der Waals surface area (Å²) in [5, 5.41) is 8.72. The van der Waals surface area contributed by atoms with Crippen molar-refractivity contribution in [1.29, 1.82) is 0 Å². The second kappa shape index (κ2) is 8.58. The van der Waals surface area contributed by atoms with Crippen LogP contribution < -0.4 is 20.3 Å². The van der Waals surface area contributed by atoms with Gasteiger partial charge < -0.3 is 9.47 Å². The molecule has 164 valence electrons. The van der Waals surface area contributed by atoms with Gasteiger partial charge in [0.05, 0.1) is 15.6 Å². The Morgan fingerprint density at radius 3 is 2.66 bits per heavy atom. The smallest absolute Gasteiger partial charge is 0.278 e. The van der Waals surface area contributed by atoms with Gasteiger partial charge in [-0.1, -0.05) is 49.3 Å². The van der Waals surface area contributed by atoms with Gasteiger partial charge in [-0.15, -0.1) is 0 Å². The van der Waals surface area contributed by atoms with E-state index in [-0.39, 0.29) is 11.3 Å². The number of ether oxygens (including phenoxy) is 2. The van der Waals surface area contributed by atoms with Gasteiger partial charge in [0.15, 0.2) is 22.3 Å². The van der Waals surface area contributed by atoms with E-state index >= 15 is 0 Å². The molecule has 0 saturated heterocycles. The zero-order chi connectivity index (χ0) is 22.1. The highest BCUT2D eigenvalue weighted by molar-refractivity contribution is 7.22. The van der Waals surface area contributed by atoms with Gasteiger partial charge in [0.2, 0.25) is 0 Å². The summed E-state index contributed by atoms with van der Waals surface area (Å²) in [4.78, 5) is 30.5. The molecule has 0 saturated carbocycles. The fourth-order valence-electron chi connectivity index (χ4n) is 3.74. The highest BCUT2D eigenvalue weighted by Gasteiger charge is 2.20. The van der Waals surface area contributed by atoms with Crippen LogP contribution in [0.3, 0.4) is 0 Å². The standard InChI is InChI=1S/C23H22N4O4S/c1-2-3-6-9-27-22(29)15-8-5-4-7-14(15)20(26-27)21(28)25-23-24-16-12-17-18(13-19(16)32-23)31-11-10-30-17/h4-5,7-8,12-13H,2-3,6,9-11H2,1H3,(H,24,25,28). The molecule has 0 spiro atoms. The summed E-state index contributed by atoms with van der Waals surface area (Å²) in [7, 11) is 0. The largest absolute Gasteiger partial charge is 0.486 e. The van der Waals surface area contributed by atoms with Crippen LogP contribution >= 0.6 is 11.3 Å². The summed E-state index contributed by atoms with van der Waals surface area (Å²) in [6, 6.07) is 10.8. The summed E-state index contributed by atoms with van der Waals surface area (Å²) < 4.78 is 13.5. The molecule has 3 heterocycles. The maximum atomic E-state index is 13.2. The molecule has 1 aliphatic heterocycles. The minimum atomic E-state index is -0.401. The number of aromatic nitrogens is 3. The minimum Gasteiger partial charge on any atom is -0.486 e. The van der Waals surface area contributed by atoms with Gasteiger partial charge in [-0.2, -0.15) is 5.10 Å². The molecule has 1 N–H and O–H groups in total. The average molecular weight is 451 g/mol. The van der Waals surface area contributed by atoms with Crippen LogP contribution in [0.5, 0.6) is 11.5 Å². The average Bonchev–Trinajstić information content (AvgIpc) is 3.20. The molecule has 5 rings (SSSR count). The number of unbranched alkanes of at least 4 members (excludes halogenated alkanes) is 2. The molecule has 0 aliphatic carbocycles. The Morgan fingerprint density at radius 2 is 1.88 bits per heavy atom. The number of benzene rings is 2. The van der Waals surface area contributed by atoms with Crippen LogP contribution in [0.2, 0.25) is 0 Å². The van der Waals surface area contributed by atoms with Gasteiger partial charge in [0, 0.05) is 24.1 Å². The van der Waals surface area contributed by atoms with E-state index in [0.29, 0.717) is 47.2 Å². The first-order valence-corrected chi connectivity index (χ1v) is 11.5. The van der Waals surface area contributed by atoms with Crippen molar-refractivity contribution in [3.05, 3.63) is 52.4 Å². The van der Waals surface area contributed by atoms with Crippen LogP contribution in [0.4, 0.5) is 5.13 Å². The van der Waals surface area contributed by atoms with Crippen molar-refractivity contribution in [3.8, 4) is 11.5 Å². The maximum absolute atomic E-state index is 13.2. The van der Waals surface area contributed by atoms with Gasteiger partial charge in [-0.3, -0.25) is 14.9 Å². The van der Waals surface area contributed by atoms with E-state index in [1.807, 2.05) is 12.1 Å². The number of rotatable bonds is 6. The Hall–Kier alpha value is -3.46. The Balaban J connectivity index is 1.49. The van der Waals surface area contributed by atoms with Crippen molar-refractivity contribution >= 4 is 43.4 Å². The summed E-state index contributed by atoms with van der Waals surface area (Å²) in [5.74, 6) is 0.928. The molecule has 2 aromatic carbocycles. The third-order valence-electron chi connectivity index (χ3n) is 5.33. The summed E-state index contributed by atoms with van der Waals surface area (Å²) >= 11 is 1.35. The van der Waals surface area contributed by atoms with Gasteiger partial charge >= 0.3 is 0 Å². The first-order chi connectivity index (χ1) is 15.6. The van der Waals surface area contributed by atoms with Crippen molar-refractivity contribution in [2.75, 3.05) is 18.5 Å². The van der Waals surface area contributed by atoms with Crippen molar-refractivity contribution in [1.82, 2.24) is 14.8 Å². The van der Waals surface area contributed by atoms with Crippen LogP contribution in [0.25, 0.3) is 21.0 Å². The quantitative estimate of drug-likeness (QED) is 0.442. The molecule has 1 amide bonds. The second-order valence-corrected chi connectivity index (χ2v) is 8.60. The summed E-state index contributed by atoms with van der Waals surface area (Å²) in [6.45, 7) is 3.58. The minimum absolute atomic E-state index is 0.182. The van der Waals surface area contributed by atoms with E-state index < -0.39 is 5.91 Å². The Bertz CT molecular complexity index is 1330. The first-order valence-electron chi connectivity index (χ1n) is 10.7. The number of nitrogens with zero attached hydrogens (tertiary/aromatic N) is 3. The molecular weight excluding hydrogens is 428 g/mol. The zero-order valence-electron chi connectivity index (χ0n) is 17.6. The Kier molecular flexibility index (Phi) is 5.48. The Morgan fingerprint density at radius 1 is 1.12 bits per heavy atom. The number of hydrogen-bond acceptors (Lipinski definition) is 7. The molecule has 0 unspecified atom stereocenters. The van der Waals surface area contributed by atoms with Crippen molar-refractivity contribution in [2.45, 2.75) is 32.7 Å². The van der Waals surface area contributed by atoms with Gasteiger partial charge in [0.25, 0.3) is 11.5 Å². The molecule has 0 bridgehead atoms. The van der Waals surface area contributed by atoms with Crippen LogP contribution in [0.15, 0.2) is 41.2 Å². The highest BCUT2D eigenvalue weighted by Crippen LogP contribution is 2.38. The lowest BCUT2D eigenvalue weighted by Crippen LogP contribution is -2.27. The molecule has 8 nitrogen and oxygen atoms in total. The van der Waals surface area contributed by atoms with Crippen molar-refractivity contribution in [3.63, 3.8) is 0 Å². The van der Waals surface area contributed by atoms with E-state index in [1.165, 1.54) is 16.0 Å². The van der Waals surface area contributed by atoms with E-state index in [1.54, 1.807) is 24.3 Å². The molecular formula is C23H22N4O4S. The third kappa shape index (κ3) is 3.80. The van der Waals surface area contributed by atoms with Gasteiger partial charge in [-0.25, -0.2) is 9.67 Å². The first kappa shape index (κ1) is 20.4. The number of carbonyl (C=O) groups excluding carboxylic acids is 1. The van der Waals surface area contributed by atoms with E-state index in [2.05, 4.69) is 22.3 Å². The zero-order valence-corrected chi connectivity index (χ0v) is 18.4. The van der Waals surface area contributed by atoms with E-state index in [9.17, 15) is 9.59 Å². The normalized spacial score (nSPS) is 12.9. The monoisotopic (exact) mass is 450 g/mol.